The Morgan fingerprint density at radius 3 is 2.45 bits per heavy atom. The maximum Gasteiger partial charge on any atom is 0.363 e. The van der Waals surface area contributed by atoms with Gasteiger partial charge in [-0.1, -0.05) is 30.3 Å². The maximum absolute atomic E-state index is 12.1. The second-order valence-electron chi connectivity index (χ2n) is 8.19. The number of rotatable bonds is 12. The van der Waals surface area contributed by atoms with E-state index in [0.717, 1.165) is 58.3 Å². The number of likely N-dealkylation sites (tertiary alicyclic amines) is 1. The molecule has 0 aliphatic carbocycles. The number of nitrogens with zero attached hydrogens (tertiary/aromatic N) is 6. The number of aryl methyl sites for hydroxylation is 2. The Kier molecular flexibility index (Phi) is 8.36. The molecule has 0 spiro atoms. The molecule has 0 atom stereocenters. The molecule has 1 aromatic heterocycles. The first-order valence-electron chi connectivity index (χ1n) is 11.1. The third-order valence-electron chi connectivity index (χ3n) is 6.27. The SMILES string of the molecule is CCn1nnn(CCN2CCC(COC)(N(C=O)CCCc3ccccc3)CC2)c1=O. The number of piperidine rings is 1. The van der Waals surface area contributed by atoms with Crippen LogP contribution in [-0.4, -0.2) is 81.4 Å². The standard InChI is InChI=1S/C22H34N6O3/c1-3-27-21(30)28(24-23-27)17-16-25-14-11-22(12-15-25,18-31-2)26(19-29)13-7-10-20-8-5-4-6-9-20/h4-6,8-9,19H,3,7,10-18H2,1-2H3. The van der Waals surface area contributed by atoms with Crippen LogP contribution in [0.4, 0.5) is 0 Å². The molecule has 0 N–H and O–H groups in total. The lowest BCUT2D eigenvalue weighted by Crippen LogP contribution is -2.58. The number of methoxy groups -OCH3 is 1. The molecule has 1 aliphatic heterocycles. The third kappa shape index (κ3) is 5.80. The van der Waals surface area contributed by atoms with Crippen LogP contribution in [-0.2, 0) is 29.0 Å². The average molecular weight is 431 g/mol. The molecule has 31 heavy (non-hydrogen) atoms. The van der Waals surface area contributed by atoms with E-state index in [1.54, 1.807) is 7.11 Å². The van der Waals surface area contributed by atoms with Crippen LogP contribution >= 0.6 is 0 Å². The molecule has 1 fully saturated rings. The summed E-state index contributed by atoms with van der Waals surface area (Å²) in [6, 6.07) is 10.4. The summed E-state index contributed by atoms with van der Waals surface area (Å²) in [5.41, 5.74) is 0.851. The smallest absolute Gasteiger partial charge is 0.363 e. The van der Waals surface area contributed by atoms with Gasteiger partial charge in [0.2, 0.25) is 6.41 Å². The lowest BCUT2D eigenvalue weighted by molar-refractivity contribution is -0.129. The van der Waals surface area contributed by atoms with E-state index in [1.807, 2.05) is 30.0 Å². The fourth-order valence-corrected chi connectivity index (χ4v) is 4.36. The van der Waals surface area contributed by atoms with Crippen molar-refractivity contribution in [3.8, 4) is 0 Å². The van der Waals surface area contributed by atoms with Crippen LogP contribution in [0.5, 0.6) is 0 Å². The Bertz CT molecular complexity index is 858. The Morgan fingerprint density at radius 1 is 1.13 bits per heavy atom. The minimum atomic E-state index is -0.272. The molecule has 2 aromatic rings. The van der Waals surface area contributed by atoms with Crippen LogP contribution < -0.4 is 5.69 Å². The van der Waals surface area contributed by atoms with E-state index in [4.69, 9.17) is 4.74 Å². The van der Waals surface area contributed by atoms with Crippen molar-refractivity contribution in [2.45, 2.75) is 51.2 Å². The van der Waals surface area contributed by atoms with E-state index in [9.17, 15) is 9.59 Å². The molecule has 1 aliphatic rings. The molecule has 1 saturated heterocycles. The molecule has 3 rings (SSSR count). The largest absolute Gasteiger partial charge is 0.382 e. The zero-order valence-electron chi connectivity index (χ0n) is 18.7. The number of hydrogen-bond donors (Lipinski definition) is 0. The maximum atomic E-state index is 12.1. The predicted molar refractivity (Wildman–Crippen MR) is 118 cm³/mol. The highest BCUT2D eigenvalue weighted by molar-refractivity contribution is 5.49. The Morgan fingerprint density at radius 2 is 1.84 bits per heavy atom. The van der Waals surface area contributed by atoms with E-state index in [2.05, 4.69) is 27.5 Å². The highest BCUT2D eigenvalue weighted by Crippen LogP contribution is 2.29. The fraction of sp³-hybridized carbons (Fsp3) is 0.636. The Hall–Kier alpha value is -2.52. The number of tetrazole rings is 1. The van der Waals surface area contributed by atoms with Crippen molar-refractivity contribution >= 4 is 6.41 Å². The number of amides is 1. The summed E-state index contributed by atoms with van der Waals surface area (Å²) in [6.45, 7) is 6.61. The molecular weight excluding hydrogens is 396 g/mol. The van der Waals surface area contributed by atoms with E-state index >= 15 is 0 Å². The Labute approximate surface area is 183 Å². The zero-order valence-corrected chi connectivity index (χ0v) is 18.7. The van der Waals surface area contributed by atoms with Gasteiger partial charge in [0.05, 0.1) is 18.7 Å². The number of benzene rings is 1. The molecule has 0 unspecified atom stereocenters. The second-order valence-corrected chi connectivity index (χ2v) is 8.19. The minimum Gasteiger partial charge on any atom is -0.382 e. The van der Waals surface area contributed by atoms with Crippen molar-refractivity contribution in [3.63, 3.8) is 0 Å². The molecule has 1 aromatic carbocycles. The summed E-state index contributed by atoms with van der Waals surface area (Å²) in [5.74, 6) is 0. The summed E-state index contributed by atoms with van der Waals surface area (Å²) >= 11 is 0. The number of carbonyl (C=O) groups excluding carboxylic acids is 1. The molecule has 0 radical (unpaired) electrons. The molecule has 170 valence electrons. The summed E-state index contributed by atoms with van der Waals surface area (Å²) in [6.07, 6.45) is 4.56. The molecule has 9 nitrogen and oxygen atoms in total. The van der Waals surface area contributed by atoms with Gasteiger partial charge in [0.25, 0.3) is 0 Å². The van der Waals surface area contributed by atoms with Crippen molar-refractivity contribution in [1.29, 1.82) is 0 Å². The molecule has 2 heterocycles. The first-order chi connectivity index (χ1) is 15.1. The lowest BCUT2D eigenvalue weighted by atomic mass is 9.86. The van der Waals surface area contributed by atoms with Gasteiger partial charge < -0.3 is 14.5 Å². The first-order valence-corrected chi connectivity index (χ1v) is 11.1. The van der Waals surface area contributed by atoms with Crippen molar-refractivity contribution in [2.75, 3.05) is 39.9 Å². The highest BCUT2D eigenvalue weighted by Gasteiger charge is 2.39. The van der Waals surface area contributed by atoms with Crippen molar-refractivity contribution < 1.29 is 9.53 Å². The number of carbonyl (C=O) groups is 1. The highest BCUT2D eigenvalue weighted by atomic mass is 16.5. The van der Waals surface area contributed by atoms with Gasteiger partial charge in [0.1, 0.15) is 0 Å². The molecule has 1 amide bonds. The van der Waals surface area contributed by atoms with Crippen LogP contribution in [0.1, 0.15) is 31.7 Å². The van der Waals surface area contributed by atoms with Gasteiger partial charge >= 0.3 is 5.69 Å². The first kappa shape index (κ1) is 23.1. The summed E-state index contributed by atoms with van der Waals surface area (Å²) in [7, 11) is 1.70. The number of aromatic nitrogens is 4. The van der Waals surface area contributed by atoms with E-state index in [1.165, 1.54) is 14.9 Å². The number of hydrogen-bond acceptors (Lipinski definition) is 6. The van der Waals surface area contributed by atoms with Gasteiger partial charge in [0, 0.05) is 39.8 Å². The second kappa shape index (κ2) is 11.2. The van der Waals surface area contributed by atoms with Crippen molar-refractivity contribution in [1.82, 2.24) is 29.6 Å². The van der Waals surface area contributed by atoms with Crippen molar-refractivity contribution in [2.24, 2.45) is 0 Å². The molecule has 9 heteroatoms. The van der Waals surface area contributed by atoms with Crippen LogP contribution in [0.3, 0.4) is 0 Å². The predicted octanol–water partition coefficient (Wildman–Crippen LogP) is 1.03. The third-order valence-corrected chi connectivity index (χ3v) is 6.27. The monoisotopic (exact) mass is 430 g/mol. The summed E-state index contributed by atoms with van der Waals surface area (Å²) < 4.78 is 8.32. The molecule has 0 bridgehead atoms. The Balaban J connectivity index is 1.53. The van der Waals surface area contributed by atoms with Gasteiger partial charge in [-0.15, -0.1) is 0 Å². The molecule has 0 saturated carbocycles. The molecular formula is C22H34N6O3. The quantitative estimate of drug-likeness (QED) is 0.468. The fourth-order valence-electron chi connectivity index (χ4n) is 4.36. The van der Waals surface area contributed by atoms with Gasteiger partial charge in [-0.3, -0.25) is 4.79 Å². The average Bonchev–Trinajstić information content (AvgIpc) is 3.16. The van der Waals surface area contributed by atoms with Gasteiger partial charge in [-0.25, -0.2) is 4.79 Å². The zero-order chi connectivity index (χ0) is 22.1. The lowest BCUT2D eigenvalue weighted by Gasteiger charge is -2.47. The van der Waals surface area contributed by atoms with Crippen LogP contribution in [0.2, 0.25) is 0 Å². The van der Waals surface area contributed by atoms with Crippen molar-refractivity contribution in [3.05, 3.63) is 46.4 Å². The van der Waals surface area contributed by atoms with E-state index < -0.39 is 0 Å². The van der Waals surface area contributed by atoms with Gasteiger partial charge in [-0.05, 0) is 48.6 Å². The van der Waals surface area contributed by atoms with E-state index in [0.29, 0.717) is 19.7 Å². The minimum absolute atomic E-state index is 0.168. The summed E-state index contributed by atoms with van der Waals surface area (Å²) in [4.78, 5) is 28.4. The van der Waals surface area contributed by atoms with E-state index in [-0.39, 0.29) is 11.2 Å². The van der Waals surface area contributed by atoms with Crippen LogP contribution in [0.15, 0.2) is 35.1 Å². The van der Waals surface area contributed by atoms with Gasteiger partial charge in [0.15, 0.2) is 0 Å². The van der Waals surface area contributed by atoms with Gasteiger partial charge in [-0.2, -0.15) is 9.36 Å². The summed E-state index contributed by atoms with van der Waals surface area (Å²) in [5, 5.41) is 7.81. The van der Waals surface area contributed by atoms with Crippen LogP contribution in [0.25, 0.3) is 0 Å². The topological polar surface area (TPSA) is 85.5 Å². The van der Waals surface area contributed by atoms with Crippen LogP contribution in [0, 0.1) is 0 Å². The number of ether oxygens (including phenoxy) is 1. The normalized spacial score (nSPS) is 16.3.